The molecule has 174 valence electrons. The number of hydrogen-bond acceptors (Lipinski definition) is 6. The Labute approximate surface area is 190 Å². The third-order valence-corrected chi connectivity index (χ3v) is 4.79. The zero-order valence-corrected chi connectivity index (χ0v) is 17.5. The van der Waals surface area contributed by atoms with E-state index >= 15 is 0 Å². The molecule has 5 N–H and O–H groups in total. The fourth-order valence-electron chi connectivity index (χ4n) is 3.29. The fraction of sp³-hybridized carbons (Fsp3) is 0.0952. The van der Waals surface area contributed by atoms with Crippen LogP contribution >= 0.6 is 0 Å². The summed E-state index contributed by atoms with van der Waals surface area (Å²) in [4.78, 5) is 32.0. The van der Waals surface area contributed by atoms with Crippen LogP contribution in [0.2, 0.25) is 0 Å². The molecule has 0 atom stereocenters. The quantitative estimate of drug-likeness (QED) is 0.361. The first kappa shape index (κ1) is 22.5. The van der Waals surface area contributed by atoms with Crippen molar-refractivity contribution in [1.29, 1.82) is 0 Å². The molecular formula is C21H17F3N8O2. The first-order chi connectivity index (χ1) is 16.2. The summed E-state index contributed by atoms with van der Waals surface area (Å²) in [5, 5.41) is 11.4. The van der Waals surface area contributed by atoms with Crippen LogP contribution in [-0.4, -0.2) is 38.6 Å². The third-order valence-electron chi connectivity index (χ3n) is 4.79. The summed E-state index contributed by atoms with van der Waals surface area (Å²) in [6.07, 6.45) is -1.83. The number of nitrogens with one attached hydrogen (secondary N) is 3. The molecule has 34 heavy (non-hydrogen) atoms. The number of urea groups is 1. The SMILES string of the molecule is CNC(=O)c1cn2ncnc(N)c2c1-c1ccc(NC(=O)Nc2cccc(C(F)(F)F)n2)cc1. The Kier molecular flexibility index (Phi) is 5.75. The number of halogens is 3. The average molecular weight is 470 g/mol. The first-order valence-electron chi connectivity index (χ1n) is 9.74. The first-order valence-corrected chi connectivity index (χ1v) is 9.74. The molecule has 0 aliphatic rings. The molecule has 3 amide bonds. The molecule has 13 heteroatoms. The zero-order chi connectivity index (χ0) is 24.5. The minimum Gasteiger partial charge on any atom is -0.382 e. The largest absolute Gasteiger partial charge is 0.433 e. The van der Waals surface area contributed by atoms with E-state index in [1.54, 1.807) is 24.3 Å². The molecule has 0 fully saturated rings. The molecule has 0 saturated heterocycles. The number of rotatable bonds is 4. The Hall–Kier alpha value is -4.68. The molecule has 3 heterocycles. The molecule has 4 rings (SSSR count). The molecule has 0 spiro atoms. The Morgan fingerprint density at radius 3 is 2.47 bits per heavy atom. The minimum absolute atomic E-state index is 0.176. The number of amides is 3. The van der Waals surface area contributed by atoms with Crippen molar-refractivity contribution in [3.63, 3.8) is 0 Å². The Balaban J connectivity index is 1.57. The van der Waals surface area contributed by atoms with E-state index in [0.29, 0.717) is 27.9 Å². The van der Waals surface area contributed by atoms with E-state index in [1.807, 2.05) is 0 Å². The van der Waals surface area contributed by atoms with Crippen molar-refractivity contribution in [3.8, 4) is 11.1 Å². The predicted molar refractivity (Wildman–Crippen MR) is 118 cm³/mol. The highest BCUT2D eigenvalue weighted by Gasteiger charge is 2.32. The molecule has 4 aromatic rings. The van der Waals surface area contributed by atoms with Crippen molar-refractivity contribution in [2.75, 3.05) is 23.4 Å². The molecule has 0 saturated carbocycles. The summed E-state index contributed by atoms with van der Waals surface area (Å²) in [7, 11) is 1.49. The highest BCUT2D eigenvalue weighted by atomic mass is 19.4. The summed E-state index contributed by atoms with van der Waals surface area (Å²) in [5.74, 6) is -0.430. The van der Waals surface area contributed by atoms with Crippen molar-refractivity contribution in [1.82, 2.24) is 24.9 Å². The van der Waals surface area contributed by atoms with Crippen LogP contribution in [0.15, 0.2) is 55.0 Å². The number of alkyl halides is 3. The fourth-order valence-corrected chi connectivity index (χ4v) is 3.29. The maximum atomic E-state index is 12.8. The normalized spacial score (nSPS) is 11.3. The summed E-state index contributed by atoms with van der Waals surface area (Å²) in [5.41, 5.74) is 7.11. The second kappa shape index (κ2) is 8.69. The van der Waals surface area contributed by atoms with Crippen LogP contribution in [0.1, 0.15) is 16.1 Å². The van der Waals surface area contributed by atoms with Crippen molar-refractivity contribution in [3.05, 3.63) is 66.2 Å². The van der Waals surface area contributed by atoms with E-state index in [0.717, 1.165) is 12.1 Å². The lowest BCUT2D eigenvalue weighted by atomic mass is 10.0. The second-order valence-electron chi connectivity index (χ2n) is 7.00. The number of fused-ring (bicyclic) bond motifs is 1. The summed E-state index contributed by atoms with van der Waals surface area (Å²) in [6, 6.07) is 8.82. The summed E-state index contributed by atoms with van der Waals surface area (Å²) < 4.78 is 39.8. The van der Waals surface area contributed by atoms with Gasteiger partial charge in [-0.05, 0) is 29.8 Å². The lowest BCUT2D eigenvalue weighted by molar-refractivity contribution is -0.141. The number of benzene rings is 1. The van der Waals surface area contributed by atoms with E-state index in [9.17, 15) is 22.8 Å². The molecule has 1 aromatic carbocycles. The number of nitrogen functional groups attached to an aromatic ring is 1. The molecule has 0 unspecified atom stereocenters. The standard InChI is InChI=1S/C21H17F3N8O2/c1-26-19(33)13-9-32-17(18(25)27-10-28-32)16(13)11-5-7-12(8-6-11)29-20(34)31-15-4-2-3-14(30-15)21(22,23)24/h2-10H,1H3,(H,26,33)(H2,25,27,28)(H2,29,30,31,34). The molecule has 0 bridgehead atoms. The second-order valence-corrected chi connectivity index (χ2v) is 7.00. The van der Waals surface area contributed by atoms with Gasteiger partial charge in [-0.1, -0.05) is 18.2 Å². The van der Waals surface area contributed by atoms with Gasteiger partial charge in [0.2, 0.25) is 0 Å². The number of pyridine rings is 1. The highest BCUT2D eigenvalue weighted by Crippen LogP contribution is 2.33. The van der Waals surface area contributed by atoms with Crippen LogP contribution in [0, 0.1) is 0 Å². The van der Waals surface area contributed by atoms with E-state index in [1.165, 1.54) is 30.2 Å². The maximum absolute atomic E-state index is 12.8. The smallest absolute Gasteiger partial charge is 0.382 e. The van der Waals surface area contributed by atoms with Gasteiger partial charge in [0.1, 0.15) is 23.4 Å². The van der Waals surface area contributed by atoms with Crippen LogP contribution in [0.25, 0.3) is 16.6 Å². The molecular weight excluding hydrogens is 453 g/mol. The van der Waals surface area contributed by atoms with E-state index < -0.39 is 17.9 Å². The van der Waals surface area contributed by atoms with Crippen molar-refractivity contribution in [2.45, 2.75) is 6.18 Å². The molecule has 0 aliphatic carbocycles. The number of aromatic nitrogens is 4. The molecule has 0 radical (unpaired) electrons. The van der Waals surface area contributed by atoms with Gasteiger partial charge in [-0.2, -0.15) is 18.3 Å². The van der Waals surface area contributed by atoms with Gasteiger partial charge in [-0.3, -0.25) is 10.1 Å². The van der Waals surface area contributed by atoms with Gasteiger partial charge in [0, 0.05) is 24.5 Å². The Morgan fingerprint density at radius 2 is 1.79 bits per heavy atom. The van der Waals surface area contributed by atoms with Gasteiger partial charge in [-0.25, -0.2) is 19.3 Å². The van der Waals surface area contributed by atoms with Gasteiger partial charge in [0.15, 0.2) is 5.82 Å². The predicted octanol–water partition coefficient (Wildman–Crippen LogP) is 3.40. The molecule has 10 nitrogen and oxygen atoms in total. The van der Waals surface area contributed by atoms with Gasteiger partial charge >= 0.3 is 12.2 Å². The third kappa shape index (κ3) is 4.44. The number of anilines is 3. The van der Waals surface area contributed by atoms with Crippen LogP contribution in [0.3, 0.4) is 0 Å². The minimum atomic E-state index is -4.63. The van der Waals surface area contributed by atoms with Gasteiger partial charge < -0.3 is 16.4 Å². The number of nitrogens with zero attached hydrogens (tertiary/aromatic N) is 4. The zero-order valence-electron chi connectivity index (χ0n) is 17.5. The lowest BCUT2D eigenvalue weighted by Crippen LogP contribution is -2.21. The van der Waals surface area contributed by atoms with E-state index in [4.69, 9.17) is 5.73 Å². The summed E-state index contributed by atoms with van der Waals surface area (Å²) >= 11 is 0. The van der Waals surface area contributed by atoms with Gasteiger partial charge in [0.05, 0.1) is 5.56 Å². The van der Waals surface area contributed by atoms with Crippen LogP contribution in [-0.2, 0) is 6.18 Å². The van der Waals surface area contributed by atoms with Crippen LogP contribution in [0.4, 0.5) is 35.3 Å². The van der Waals surface area contributed by atoms with Crippen LogP contribution in [0.5, 0.6) is 0 Å². The monoisotopic (exact) mass is 470 g/mol. The van der Waals surface area contributed by atoms with E-state index in [-0.39, 0.29) is 17.5 Å². The lowest BCUT2D eigenvalue weighted by Gasteiger charge is -2.10. The average Bonchev–Trinajstić information content (AvgIpc) is 3.19. The Morgan fingerprint density at radius 1 is 1.06 bits per heavy atom. The number of carbonyl (C=O) groups is 2. The molecule has 0 aliphatic heterocycles. The van der Waals surface area contributed by atoms with Crippen LogP contribution < -0.4 is 21.7 Å². The number of hydrogen-bond donors (Lipinski definition) is 4. The number of nitrogens with two attached hydrogens (primary N) is 1. The Bertz CT molecular complexity index is 1380. The maximum Gasteiger partial charge on any atom is 0.433 e. The molecule has 3 aromatic heterocycles. The highest BCUT2D eigenvalue weighted by molar-refractivity contribution is 6.07. The topological polar surface area (TPSA) is 139 Å². The van der Waals surface area contributed by atoms with Gasteiger partial charge in [0.25, 0.3) is 5.91 Å². The number of carbonyl (C=O) groups excluding carboxylic acids is 2. The van der Waals surface area contributed by atoms with Gasteiger partial charge in [-0.15, -0.1) is 0 Å². The van der Waals surface area contributed by atoms with E-state index in [2.05, 4.69) is 31.0 Å². The van der Waals surface area contributed by atoms with Crippen molar-refractivity contribution >= 4 is 34.8 Å². The summed E-state index contributed by atoms with van der Waals surface area (Å²) in [6.45, 7) is 0. The van der Waals surface area contributed by atoms with Crippen molar-refractivity contribution < 1.29 is 22.8 Å². The van der Waals surface area contributed by atoms with Crippen molar-refractivity contribution in [2.24, 2.45) is 0 Å².